The number of carbonyl (C=O) groups excluding carboxylic acids is 2. The number of halogens is 3. The van der Waals surface area contributed by atoms with Gasteiger partial charge in [0.05, 0.1) is 15.6 Å². The highest BCUT2D eigenvalue weighted by Gasteiger charge is 2.24. The number of rotatable bonds is 7. The van der Waals surface area contributed by atoms with Crippen LogP contribution < -0.4 is 5.32 Å². The molecule has 0 saturated carbocycles. The lowest BCUT2D eigenvalue weighted by Crippen LogP contribution is -2.34. The molecule has 2 rings (SSSR count). The second-order valence-electron chi connectivity index (χ2n) is 5.55. The van der Waals surface area contributed by atoms with Crippen LogP contribution in [0.1, 0.15) is 0 Å². The first kappa shape index (κ1) is 22.4. The maximum atomic E-state index is 12.4. The lowest BCUT2D eigenvalue weighted by molar-refractivity contribution is -0.147. The molecule has 150 valence electrons. The van der Waals surface area contributed by atoms with Gasteiger partial charge in [0.15, 0.2) is 6.61 Å². The number of hydrogen-bond donors (Lipinski definition) is 1. The summed E-state index contributed by atoms with van der Waals surface area (Å²) >= 11 is 17.4. The van der Waals surface area contributed by atoms with Crippen LogP contribution in [-0.2, 0) is 24.3 Å². The molecule has 2 aromatic carbocycles. The molecule has 7 nitrogen and oxygen atoms in total. The van der Waals surface area contributed by atoms with Crippen molar-refractivity contribution in [2.75, 3.05) is 25.5 Å². The van der Waals surface area contributed by atoms with Gasteiger partial charge in [0.25, 0.3) is 5.91 Å². The fourth-order valence-corrected chi connectivity index (χ4v) is 3.72. The van der Waals surface area contributed by atoms with Crippen LogP contribution in [0.4, 0.5) is 5.69 Å². The number of anilines is 1. The van der Waals surface area contributed by atoms with Crippen LogP contribution in [0.2, 0.25) is 15.1 Å². The van der Waals surface area contributed by atoms with Crippen molar-refractivity contribution < 1.29 is 22.7 Å². The molecule has 28 heavy (non-hydrogen) atoms. The molecule has 1 N–H and O–H groups in total. The summed E-state index contributed by atoms with van der Waals surface area (Å²) in [6.07, 6.45) is 0. The molecule has 0 bridgehead atoms. The van der Waals surface area contributed by atoms with Crippen molar-refractivity contribution >= 4 is 62.4 Å². The van der Waals surface area contributed by atoms with E-state index in [2.05, 4.69) is 5.32 Å². The summed E-state index contributed by atoms with van der Waals surface area (Å²) in [5.74, 6) is -1.53. The smallest absolute Gasteiger partial charge is 0.321 e. The van der Waals surface area contributed by atoms with E-state index < -0.39 is 35.1 Å². The van der Waals surface area contributed by atoms with Gasteiger partial charge in [-0.25, -0.2) is 8.42 Å². The van der Waals surface area contributed by atoms with Crippen molar-refractivity contribution in [3.63, 3.8) is 0 Å². The number of nitrogens with one attached hydrogen (secondary N) is 1. The minimum Gasteiger partial charge on any atom is -0.455 e. The number of amides is 1. The molecule has 0 aliphatic carbocycles. The molecule has 11 heteroatoms. The van der Waals surface area contributed by atoms with E-state index in [4.69, 9.17) is 39.5 Å². The third-order valence-corrected chi connectivity index (χ3v) is 6.06. The lowest BCUT2D eigenvalue weighted by Gasteiger charge is -2.16. The molecule has 0 aliphatic rings. The van der Waals surface area contributed by atoms with Crippen molar-refractivity contribution in [2.24, 2.45) is 0 Å². The summed E-state index contributed by atoms with van der Waals surface area (Å²) in [5, 5.41) is 3.46. The number of hydrogen-bond acceptors (Lipinski definition) is 5. The summed E-state index contributed by atoms with van der Waals surface area (Å²) in [5.41, 5.74) is 0.301. The van der Waals surface area contributed by atoms with Gasteiger partial charge in [-0.2, -0.15) is 4.31 Å². The normalized spacial score (nSPS) is 11.3. The van der Waals surface area contributed by atoms with Gasteiger partial charge < -0.3 is 10.1 Å². The largest absolute Gasteiger partial charge is 0.455 e. The fourth-order valence-electron chi connectivity index (χ4n) is 2.02. The zero-order valence-electron chi connectivity index (χ0n) is 14.5. The van der Waals surface area contributed by atoms with Crippen LogP contribution >= 0.6 is 34.8 Å². The summed E-state index contributed by atoms with van der Waals surface area (Å²) < 4.78 is 30.4. The van der Waals surface area contributed by atoms with Crippen LogP contribution in [0.15, 0.2) is 47.4 Å². The van der Waals surface area contributed by atoms with Crippen LogP contribution in [0.25, 0.3) is 0 Å². The van der Waals surface area contributed by atoms with Crippen LogP contribution in [0, 0.1) is 0 Å². The van der Waals surface area contributed by atoms with Gasteiger partial charge in [0.2, 0.25) is 10.0 Å². The quantitative estimate of drug-likeness (QED) is 0.632. The average molecular weight is 466 g/mol. The van der Waals surface area contributed by atoms with Crippen LogP contribution in [-0.4, -0.2) is 44.8 Å². The number of esters is 1. The van der Waals surface area contributed by atoms with E-state index in [1.807, 2.05) is 0 Å². The Kier molecular flexibility index (Phi) is 7.68. The van der Waals surface area contributed by atoms with Crippen molar-refractivity contribution in [1.29, 1.82) is 0 Å². The lowest BCUT2D eigenvalue weighted by atomic mass is 10.3. The molecule has 0 saturated heterocycles. The third kappa shape index (κ3) is 6.08. The summed E-state index contributed by atoms with van der Waals surface area (Å²) in [6, 6.07) is 9.97. The summed E-state index contributed by atoms with van der Waals surface area (Å²) in [7, 11) is -2.68. The molecule has 0 aliphatic heterocycles. The highest BCUT2D eigenvalue weighted by atomic mass is 35.5. The zero-order chi connectivity index (χ0) is 20.9. The average Bonchev–Trinajstić information content (AvgIpc) is 2.62. The molecule has 0 atom stereocenters. The monoisotopic (exact) mass is 464 g/mol. The molecule has 1 amide bonds. The molecule has 0 fully saturated rings. The first-order valence-electron chi connectivity index (χ1n) is 7.72. The first-order chi connectivity index (χ1) is 13.1. The van der Waals surface area contributed by atoms with Gasteiger partial charge in [0.1, 0.15) is 6.54 Å². The topological polar surface area (TPSA) is 92.8 Å². The van der Waals surface area contributed by atoms with Crippen molar-refractivity contribution in [3.05, 3.63) is 57.5 Å². The van der Waals surface area contributed by atoms with E-state index in [9.17, 15) is 18.0 Å². The molecule has 0 unspecified atom stereocenters. The maximum Gasteiger partial charge on any atom is 0.321 e. The number of likely N-dealkylation sites (N-methyl/N-ethyl adjacent to an activating group) is 1. The standard InChI is InChI=1S/C17H15Cl3N2O5S/c1-22(28(25,26)13-5-2-11(18)3-6-13)9-17(24)27-10-16(23)21-15-7-4-12(19)8-14(15)20/h2-8H,9-10H2,1H3,(H,21,23). The van der Waals surface area contributed by atoms with Crippen LogP contribution in [0.3, 0.4) is 0 Å². The molecule has 0 aromatic heterocycles. The molecule has 2 aromatic rings. The Morgan fingerprint density at radius 2 is 1.64 bits per heavy atom. The molecule has 0 spiro atoms. The Morgan fingerprint density at radius 3 is 2.25 bits per heavy atom. The number of ether oxygens (including phenoxy) is 1. The Bertz CT molecular complexity index is 981. The molecular weight excluding hydrogens is 451 g/mol. The van der Waals surface area contributed by atoms with E-state index in [1.54, 1.807) is 0 Å². The van der Waals surface area contributed by atoms with Crippen molar-refractivity contribution in [1.82, 2.24) is 4.31 Å². The fraction of sp³-hybridized carbons (Fsp3) is 0.176. The predicted octanol–water partition coefficient (Wildman–Crippen LogP) is 3.45. The minimum atomic E-state index is -3.90. The number of nitrogens with zero attached hydrogens (tertiary/aromatic N) is 1. The van der Waals surface area contributed by atoms with Gasteiger partial charge in [-0.3, -0.25) is 9.59 Å². The second-order valence-corrected chi connectivity index (χ2v) is 8.87. The van der Waals surface area contributed by atoms with E-state index in [0.717, 1.165) is 4.31 Å². The van der Waals surface area contributed by atoms with Gasteiger partial charge in [-0.05, 0) is 42.5 Å². The van der Waals surface area contributed by atoms with Crippen molar-refractivity contribution in [3.8, 4) is 0 Å². The Balaban J connectivity index is 1.89. The first-order valence-corrected chi connectivity index (χ1v) is 10.3. The van der Waals surface area contributed by atoms with E-state index in [1.165, 1.54) is 49.5 Å². The Labute approximate surface area is 177 Å². The van der Waals surface area contributed by atoms with E-state index >= 15 is 0 Å². The Morgan fingerprint density at radius 1 is 1.04 bits per heavy atom. The SMILES string of the molecule is CN(CC(=O)OCC(=O)Nc1ccc(Cl)cc1Cl)S(=O)(=O)c1ccc(Cl)cc1. The van der Waals surface area contributed by atoms with E-state index in [0.29, 0.717) is 15.7 Å². The molecule has 0 heterocycles. The van der Waals surface area contributed by atoms with Gasteiger partial charge in [-0.1, -0.05) is 34.8 Å². The zero-order valence-corrected chi connectivity index (χ0v) is 17.6. The van der Waals surface area contributed by atoms with E-state index in [-0.39, 0.29) is 9.92 Å². The van der Waals surface area contributed by atoms with Crippen molar-refractivity contribution in [2.45, 2.75) is 4.90 Å². The number of carbonyl (C=O) groups is 2. The molecule has 0 radical (unpaired) electrons. The predicted molar refractivity (Wildman–Crippen MR) is 107 cm³/mol. The number of benzene rings is 2. The van der Waals surface area contributed by atoms with Gasteiger partial charge >= 0.3 is 5.97 Å². The highest BCUT2D eigenvalue weighted by molar-refractivity contribution is 7.89. The Hall–Kier alpha value is -1.84. The highest BCUT2D eigenvalue weighted by Crippen LogP contribution is 2.25. The molecular formula is C17H15Cl3N2O5S. The second kappa shape index (κ2) is 9.58. The van der Waals surface area contributed by atoms with Crippen LogP contribution in [0.5, 0.6) is 0 Å². The number of sulfonamides is 1. The summed E-state index contributed by atoms with van der Waals surface area (Å²) in [6.45, 7) is -1.17. The summed E-state index contributed by atoms with van der Waals surface area (Å²) in [4.78, 5) is 23.7. The van der Waals surface area contributed by atoms with Gasteiger partial charge in [0, 0.05) is 17.1 Å². The third-order valence-electron chi connectivity index (χ3n) is 3.44. The van der Waals surface area contributed by atoms with Gasteiger partial charge in [-0.15, -0.1) is 0 Å². The minimum absolute atomic E-state index is 0.0256. The maximum absolute atomic E-state index is 12.4.